The van der Waals surface area contributed by atoms with Gasteiger partial charge in [0.05, 0.1) is 41.6 Å². The molecule has 1 aromatic carbocycles. The smallest absolute Gasteiger partial charge is 0.228 e. The molecule has 1 fully saturated rings. The van der Waals surface area contributed by atoms with Crippen LogP contribution in [0.5, 0.6) is 5.75 Å². The van der Waals surface area contributed by atoms with E-state index < -0.39 is 5.82 Å². The number of anilines is 4. The molecule has 0 unspecified atom stereocenters. The van der Waals surface area contributed by atoms with Gasteiger partial charge in [-0.3, -0.25) is 0 Å². The Hall–Kier alpha value is -3.97. The van der Waals surface area contributed by atoms with E-state index in [1.807, 2.05) is 38.2 Å². The molecule has 2 N–H and O–H groups in total. The van der Waals surface area contributed by atoms with Crippen molar-refractivity contribution in [2.24, 2.45) is 0 Å². The fourth-order valence-electron chi connectivity index (χ4n) is 4.40. The predicted molar refractivity (Wildman–Crippen MR) is 133 cm³/mol. The van der Waals surface area contributed by atoms with Crippen molar-refractivity contribution in [3.8, 4) is 23.1 Å². The van der Waals surface area contributed by atoms with E-state index in [1.165, 1.54) is 12.3 Å². The molecule has 3 aromatic rings. The topological polar surface area (TPSA) is 102 Å². The largest absolute Gasteiger partial charge is 0.486 e. The van der Waals surface area contributed by atoms with Crippen molar-refractivity contribution in [3.05, 3.63) is 48.0 Å². The number of pyridine rings is 1. The first-order valence-corrected chi connectivity index (χ1v) is 11.7. The van der Waals surface area contributed by atoms with Crippen LogP contribution in [-0.2, 0) is 0 Å². The maximum atomic E-state index is 15.0. The summed E-state index contributed by atoms with van der Waals surface area (Å²) in [6.45, 7) is 8.96. The van der Waals surface area contributed by atoms with Crippen LogP contribution in [0.15, 0.2) is 36.7 Å². The zero-order valence-corrected chi connectivity index (χ0v) is 19.8. The third kappa shape index (κ3) is 4.68. The standard InChI is InChI=1S/C25H27FN8O/c1-16(2)34-9-10-35-24-20(26)11-17(12-21(24)34)23-18(13-27)14-30-25(32-23)31-22-4-3-19(15-29-22)33-7-5-28-6-8-33/h3-4,11-12,14-16,28H,5-10H2,1-2H3,(H,29,30,31,32). The summed E-state index contributed by atoms with van der Waals surface area (Å²) in [5, 5.41) is 16.1. The first kappa shape index (κ1) is 22.8. The predicted octanol–water partition coefficient (Wildman–Crippen LogP) is 3.31. The third-order valence-corrected chi connectivity index (χ3v) is 6.19. The fourth-order valence-corrected chi connectivity index (χ4v) is 4.40. The number of nitrogens with zero attached hydrogens (tertiary/aromatic N) is 6. The molecule has 5 rings (SSSR count). The number of nitriles is 1. The van der Waals surface area contributed by atoms with Crippen LogP contribution in [0, 0.1) is 17.1 Å². The molecule has 0 saturated carbocycles. The molecule has 0 spiro atoms. The van der Waals surface area contributed by atoms with Gasteiger partial charge in [-0.2, -0.15) is 5.26 Å². The lowest BCUT2D eigenvalue weighted by Crippen LogP contribution is -2.43. The highest BCUT2D eigenvalue weighted by Gasteiger charge is 2.25. The molecule has 2 aliphatic heterocycles. The SMILES string of the molecule is CC(C)N1CCOc2c(F)cc(-c3nc(Nc4ccc(N5CCNCC5)cn4)ncc3C#N)cc21. The maximum absolute atomic E-state index is 15.0. The number of benzene rings is 1. The van der Waals surface area contributed by atoms with Crippen LogP contribution in [0.2, 0.25) is 0 Å². The minimum absolute atomic E-state index is 0.167. The number of hydrogen-bond acceptors (Lipinski definition) is 9. The van der Waals surface area contributed by atoms with E-state index in [0.29, 0.717) is 35.9 Å². The summed E-state index contributed by atoms with van der Waals surface area (Å²) in [7, 11) is 0. The highest BCUT2D eigenvalue weighted by molar-refractivity contribution is 5.75. The molecule has 10 heteroatoms. The molecule has 0 aliphatic carbocycles. The molecule has 1 saturated heterocycles. The van der Waals surface area contributed by atoms with E-state index in [9.17, 15) is 5.26 Å². The number of ether oxygens (including phenoxy) is 1. The van der Waals surface area contributed by atoms with Gasteiger partial charge in [0.1, 0.15) is 18.5 Å². The summed E-state index contributed by atoms with van der Waals surface area (Å²) in [5.74, 6) is 0.602. The van der Waals surface area contributed by atoms with Gasteiger partial charge in [0.2, 0.25) is 5.95 Å². The van der Waals surface area contributed by atoms with Crippen molar-refractivity contribution in [2.75, 3.05) is 54.4 Å². The van der Waals surface area contributed by atoms with Crippen molar-refractivity contribution < 1.29 is 9.13 Å². The number of halogens is 1. The number of fused-ring (bicyclic) bond motifs is 1. The van der Waals surface area contributed by atoms with Crippen LogP contribution in [0.3, 0.4) is 0 Å². The molecular weight excluding hydrogens is 447 g/mol. The Bertz CT molecular complexity index is 1250. The summed E-state index contributed by atoms with van der Waals surface area (Å²) < 4.78 is 20.6. The Balaban J connectivity index is 1.44. The zero-order valence-electron chi connectivity index (χ0n) is 19.8. The van der Waals surface area contributed by atoms with Crippen LogP contribution >= 0.6 is 0 Å². The zero-order chi connectivity index (χ0) is 24.4. The van der Waals surface area contributed by atoms with Crippen LogP contribution in [0.4, 0.5) is 27.5 Å². The Kier molecular flexibility index (Phi) is 6.33. The Labute approximate surface area is 203 Å². The number of hydrogen-bond donors (Lipinski definition) is 2. The summed E-state index contributed by atoms with van der Waals surface area (Å²) in [5.41, 5.74) is 2.80. The van der Waals surface area contributed by atoms with Gasteiger partial charge >= 0.3 is 0 Å². The van der Waals surface area contributed by atoms with Crippen molar-refractivity contribution in [1.29, 1.82) is 5.26 Å². The van der Waals surface area contributed by atoms with Crippen molar-refractivity contribution >= 4 is 23.1 Å². The monoisotopic (exact) mass is 474 g/mol. The molecule has 0 atom stereocenters. The van der Waals surface area contributed by atoms with Crippen LogP contribution < -0.4 is 25.2 Å². The van der Waals surface area contributed by atoms with Crippen LogP contribution in [0.25, 0.3) is 11.3 Å². The molecule has 4 heterocycles. The van der Waals surface area contributed by atoms with E-state index >= 15 is 4.39 Å². The number of nitrogens with one attached hydrogen (secondary N) is 2. The summed E-state index contributed by atoms with van der Waals surface area (Å²) >= 11 is 0. The lowest BCUT2D eigenvalue weighted by atomic mass is 10.0. The van der Waals surface area contributed by atoms with Gasteiger partial charge in [0.25, 0.3) is 0 Å². The second-order valence-electron chi connectivity index (χ2n) is 8.77. The fraction of sp³-hybridized carbons (Fsp3) is 0.360. The molecule has 0 radical (unpaired) electrons. The quantitative estimate of drug-likeness (QED) is 0.577. The molecule has 0 bridgehead atoms. The van der Waals surface area contributed by atoms with Crippen LogP contribution in [-0.4, -0.2) is 60.3 Å². The van der Waals surface area contributed by atoms with Crippen molar-refractivity contribution in [2.45, 2.75) is 19.9 Å². The third-order valence-electron chi connectivity index (χ3n) is 6.19. The Morgan fingerprint density at radius 2 is 1.97 bits per heavy atom. The average Bonchev–Trinajstić information content (AvgIpc) is 2.89. The Morgan fingerprint density at radius 1 is 1.14 bits per heavy atom. The van der Waals surface area contributed by atoms with Gasteiger partial charge in [-0.25, -0.2) is 19.3 Å². The molecule has 35 heavy (non-hydrogen) atoms. The number of rotatable bonds is 5. The highest BCUT2D eigenvalue weighted by Crippen LogP contribution is 2.39. The van der Waals surface area contributed by atoms with E-state index in [-0.39, 0.29) is 23.3 Å². The van der Waals surface area contributed by atoms with Gasteiger partial charge in [0, 0.05) is 37.8 Å². The second kappa shape index (κ2) is 9.72. The first-order valence-electron chi connectivity index (χ1n) is 11.7. The van der Waals surface area contributed by atoms with E-state index in [2.05, 4.69) is 41.5 Å². The van der Waals surface area contributed by atoms with Gasteiger partial charge in [0.15, 0.2) is 11.6 Å². The molecule has 0 amide bonds. The van der Waals surface area contributed by atoms with Gasteiger partial charge in [-0.1, -0.05) is 0 Å². The summed E-state index contributed by atoms with van der Waals surface area (Å²) in [6, 6.07) is 9.34. The van der Waals surface area contributed by atoms with E-state index in [1.54, 1.807) is 0 Å². The molecule has 9 nitrogen and oxygen atoms in total. The normalized spacial score (nSPS) is 15.4. The van der Waals surface area contributed by atoms with E-state index in [4.69, 9.17) is 4.74 Å². The number of piperazine rings is 1. The van der Waals surface area contributed by atoms with E-state index in [0.717, 1.165) is 31.9 Å². The van der Waals surface area contributed by atoms with Gasteiger partial charge in [-0.15, -0.1) is 0 Å². The van der Waals surface area contributed by atoms with Crippen molar-refractivity contribution in [1.82, 2.24) is 20.3 Å². The lowest BCUT2D eigenvalue weighted by molar-refractivity contribution is 0.287. The van der Waals surface area contributed by atoms with Gasteiger partial charge in [-0.05, 0) is 38.1 Å². The van der Waals surface area contributed by atoms with Gasteiger partial charge < -0.3 is 25.2 Å². The lowest BCUT2D eigenvalue weighted by Gasteiger charge is -2.34. The number of aromatic nitrogens is 3. The molecular formula is C25H27FN8O. The minimum Gasteiger partial charge on any atom is -0.486 e. The average molecular weight is 475 g/mol. The molecule has 180 valence electrons. The summed E-state index contributed by atoms with van der Waals surface area (Å²) in [6.07, 6.45) is 3.26. The summed E-state index contributed by atoms with van der Waals surface area (Å²) in [4.78, 5) is 17.7. The highest BCUT2D eigenvalue weighted by atomic mass is 19.1. The second-order valence-corrected chi connectivity index (χ2v) is 8.77. The first-order chi connectivity index (χ1) is 17.0. The van der Waals surface area contributed by atoms with Crippen molar-refractivity contribution in [3.63, 3.8) is 0 Å². The maximum Gasteiger partial charge on any atom is 0.228 e. The van der Waals surface area contributed by atoms with Crippen LogP contribution in [0.1, 0.15) is 19.4 Å². The Morgan fingerprint density at radius 3 is 2.69 bits per heavy atom. The molecule has 2 aromatic heterocycles. The molecule has 2 aliphatic rings. The minimum atomic E-state index is -0.481.